The maximum atomic E-state index is 12.1. The van der Waals surface area contributed by atoms with Gasteiger partial charge in [-0.1, -0.05) is 39.5 Å². The first kappa shape index (κ1) is 22.8. The summed E-state index contributed by atoms with van der Waals surface area (Å²) in [5, 5.41) is 11.3. The topological polar surface area (TPSA) is 119 Å². The summed E-state index contributed by atoms with van der Waals surface area (Å²) in [6.07, 6.45) is 6.51. The van der Waals surface area contributed by atoms with Crippen LogP contribution in [0.2, 0.25) is 0 Å². The Kier molecular flexibility index (Phi) is 9.43. The van der Waals surface area contributed by atoms with Gasteiger partial charge in [-0.25, -0.2) is 4.79 Å². The van der Waals surface area contributed by atoms with Crippen molar-refractivity contribution in [2.24, 2.45) is 11.7 Å². The van der Waals surface area contributed by atoms with Crippen molar-refractivity contribution in [3.63, 3.8) is 0 Å². The van der Waals surface area contributed by atoms with Crippen molar-refractivity contribution in [2.75, 3.05) is 12.9 Å². The van der Waals surface area contributed by atoms with Gasteiger partial charge in [0.25, 0.3) is 0 Å². The number of carboxylic acid groups (broad SMARTS) is 1. The van der Waals surface area contributed by atoms with Gasteiger partial charge in [0, 0.05) is 10.5 Å². The molecule has 8 heteroatoms. The number of carbonyl (C=O) groups is 3. The van der Waals surface area contributed by atoms with Gasteiger partial charge in [-0.15, -0.1) is 0 Å². The van der Waals surface area contributed by atoms with Crippen LogP contribution in [0.5, 0.6) is 0 Å². The highest BCUT2D eigenvalue weighted by Crippen LogP contribution is 2.44. The van der Waals surface area contributed by atoms with E-state index in [0.29, 0.717) is 11.7 Å². The van der Waals surface area contributed by atoms with Crippen molar-refractivity contribution in [2.45, 2.75) is 75.6 Å². The number of thioether (sulfide) groups is 1. The van der Waals surface area contributed by atoms with Gasteiger partial charge in [0.15, 0.2) is 0 Å². The predicted molar refractivity (Wildman–Crippen MR) is 102 cm³/mol. The van der Waals surface area contributed by atoms with Gasteiger partial charge in [-0.2, -0.15) is 11.8 Å². The van der Waals surface area contributed by atoms with Gasteiger partial charge in [0.2, 0.25) is 5.91 Å². The van der Waals surface area contributed by atoms with Crippen LogP contribution < -0.4 is 11.1 Å². The average molecular weight is 389 g/mol. The van der Waals surface area contributed by atoms with E-state index in [9.17, 15) is 14.4 Å². The SMILES string of the molecule is COC(=O)[C@H](CSC1(C(C)C)CCCCCC1)NC(=O)[C@@H](N)CC(=O)O. The Hall–Kier alpha value is -1.28. The van der Waals surface area contributed by atoms with Crippen LogP contribution in [0.3, 0.4) is 0 Å². The summed E-state index contributed by atoms with van der Waals surface area (Å²) in [5.41, 5.74) is 5.59. The lowest BCUT2D eigenvalue weighted by Crippen LogP contribution is -2.51. The molecular weight excluding hydrogens is 356 g/mol. The molecule has 7 nitrogen and oxygen atoms in total. The number of rotatable bonds is 9. The van der Waals surface area contributed by atoms with Gasteiger partial charge in [-0.05, 0) is 18.8 Å². The molecule has 0 bridgehead atoms. The summed E-state index contributed by atoms with van der Waals surface area (Å²) in [7, 11) is 1.27. The number of amides is 1. The lowest BCUT2D eigenvalue weighted by Gasteiger charge is -2.37. The maximum absolute atomic E-state index is 12.1. The van der Waals surface area contributed by atoms with E-state index in [-0.39, 0.29) is 4.75 Å². The predicted octanol–water partition coefficient (Wildman–Crippen LogP) is 1.93. The Balaban J connectivity index is 2.78. The number of hydrogen-bond acceptors (Lipinski definition) is 6. The summed E-state index contributed by atoms with van der Waals surface area (Å²) in [6, 6.07) is -2.03. The molecule has 1 aliphatic rings. The Bertz CT molecular complexity index is 490. The Morgan fingerprint density at radius 1 is 1.19 bits per heavy atom. The molecule has 0 spiro atoms. The van der Waals surface area contributed by atoms with Crippen LogP contribution in [0.4, 0.5) is 0 Å². The van der Waals surface area contributed by atoms with Gasteiger partial charge in [-0.3, -0.25) is 9.59 Å². The maximum Gasteiger partial charge on any atom is 0.329 e. The summed E-state index contributed by atoms with van der Waals surface area (Å²) >= 11 is 1.71. The molecule has 1 amide bonds. The van der Waals surface area contributed by atoms with Crippen molar-refractivity contribution in [3.05, 3.63) is 0 Å². The number of carboxylic acids is 1. The number of nitrogens with two attached hydrogens (primary N) is 1. The fourth-order valence-corrected chi connectivity index (χ4v) is 4.96. The third kappa shape index (κ3) is 6.79. The summed E-state index contributed by atoms with van der Waals surface area (Å²) < 4.78 is 4.89. The second-order valence-corrected chi connectivity index (χ2v) is 8.67. The van der Waals surface area contributed by atoms with Crippen LogP contribution in [-0.4, -0.2) is 52.6 Å². The van der Waals surface area contributed by atoms with Crippen molar-refractivity contribution in [1.82, 2.24) is 5.32 Å². The summed E-state index contributed by atoms with van der Waals surface area (Å²) in [6.45, 7) is 4.40. The molecular formula is C18H32N2O5S. The van der Waals surface area contributed by atoms with Crippen LogP contribution in [0.25, 0.3) is 0 Å². The van der Waals surface area contributed by atoms with Crippen molar-refractivity contribution < 1.29 is 24.2 Å². The van der Waals surface area contributed by atoms with Crippen LogP contribution in [0.15, 0.2) is 0 Å². The third-order valence-corrected chi connectivity index (χ3v) is 7.03. The Morgan fingerprint density at radius 2 is 1.77 bits per heavy atom. The highest BCUT2D eigenvalue weighted by molar-refractivity contribution is 8.00. The molecule has 0 saturated heterocycles. The van der Waals surface area contributed by atoms with Crippen LogP contribution in [0.1, 0.15) is 58.8 Å². The molecule has 2 atom stereocenters. The van der Waals surface area contributed by atoms with E-state index in [1.807, 2.05) is 0 Å². The second kappa shape index (κ2) is 10.8. The lowest BCUT2D eigenvalue weighted by atomic mass is 9.87. The minimum atomic E-state index is -1.19. The molecule has 0 aromatic rings. The molecule has 1 aliphatic carbocycles. The first-order valence-electron chi connectivity index (χ1n) is 9.21. The average Bonchev–Trinajstić information content (AvgIpc) is 2.83. The Morgan fingerprint density at radius 3 is 2.23 bits per heavy atom. The first-order valence-corrected chi connectivity index (χ1v) is 10.2. The van der Waals surface area contributed by atoms with Gasteiger partial charge in [0.05, 0.1) is 19.6 Å². The molecule has 0 unspecified atom stereocenters. The minimum absolute atomic E-state index is 0.0800. The van der Waals surface area contributed by atoms with E-state index in [1.165, 1.54) is 32.8 Å². The third-order valence-electron chi connectivity index (χ3n) is 5.07. The molecule has 1 rings (SSSR count). The van der Waals surface area contributed by atoms with E-state index < -0.39 is 36.4 Å². The fourth-order valence-electron chi connectivity index (χ4n) is 3.34. The van der Waals surface area contributed by atoms with Gasteiger partial charge < -0.3 is 20.9 Å². The normalized spacial score (nSPS) is 19.3. The Labute approximate surface area is 159 Å². The van der Waals surface area contributed by atoms with E-state index >= 15 is 0 Å². The number of esters is 1. The molecule has 0 aromatic carbocycles. The smallest absolute Gasteiger partial charge is 0.329 e. The van der Waals surface area contributed by atoms with Gasteiger partial charge in [0.1, 0.15) is 6.04 Å². The molecule has 0 aromatic heterocycles. The number of methoxy groups -OCH3 is 1. The largest absolute Gasteiger partial charge is 0.481 e. The zero-order valence-electron chi connectivity index (χ0n) is 16.0. The number of ether oxygens (including phenoxy) is 1. The number of nitrogens with one attached hydrogen (secondary N) is 1. The molecule has 0 aliphatic heterocycles. The van der Waals surface area contributed by atoms with Crippen molar-refractivity contribution in [1.29, 1.82) is 0 Å². The summed E-state index contributed by atoms with van der Waals surface area (Å²) in [4.78, 5) is 34.9. The summed E-state index contributed by atoms with van der Waals surface area (Å²) in [5.74, 6) is -1.51. The second-order valence-electron chi connectivity index (χ2n) is 7.23. The fraction of sp³-hybridized carbons (Fsp3) is 0.833. The van der Waals surface area contributed by atoms with E-state index in [4.69, 9.17) is 15.6 Å². The van der Waals surface area contributed by atoms with Crippen LogP contribution >= 0.6 is 11.8 Å². The van der Waals surface area contributed by atoms with Gasteiger partial charge >= 0.3 is 11.9 Å². The highest BCUT2D eigenvalue weighted by atomic mass is 32.2. The molecule has 1 fully saturated rings. The molecule has 0 radical (unpaired) electrons. The van der Waals surface area contributed by atoms with Crippen molar-refractivity contribution in [3.8, 4) is 0 Å². The molecule has 1 saturated carbocycles. The van der Waals surface area contributed by atoms with Crippen LogP contribution in [0, 0.1) is 5.92 Å². The van der Waals surface area contributed by atoms with E-state index in [1.54, 1.807) is 11.8 Å². The minimum Gasteiger partial charge on any atom is -0.481 e. The number of aliphatic carboxylic acids is 1. The van der Waals surface area contributed by atoms with E-state index in [2.05, 4.69) is 19.2 Å². The van der Waals surface area contributed by atoms with Crippen LogP contribution in [-0.2, 0) is 19.1 Å². The zero-order chi connectivity index (χ0) is 19.7. The molecule has 150 valence electrons. The highest BCUT2D eigenvalue weighted by Gasteiger charge is 2.37. The molecule has 4 N–H and O–H groups in total. The standard InChI is InChI=1S/C18H32N2O5S/c1-12(2)18(8-6-4-5-7-9-18)26-11-14(17(24)25-3)20-16(23)13(19)10-15(21)22/h12-14H,4-11,19H2,1-3H3,(H,20,23)(H,21,22)/t13-,14-/m0/s1. The monoisotopic (exact) mass is 388 g/mol. The number of hydrogen-bond donors (Lipinski definition) is 3. The van der Waals surface area contributed by atoms with Crippen molar-refractivity contribution >= 4 is 29.6 Å². The number of carbonyl (C=O) groups excluding carboxylic acids is 2. The molecule has 26 heavy (non-hydrogen) atoms. The first-order chi connectivity index (χ1) is 12.2. The lowest BCUT2D eigenvalue weighted by molar-refractivity contribution is -0.144. The molecule has 0 heterocycles. The quantitative estimate of drug-likeness (QED) is 0.408. The zero-order valence-corrected chi connectivity index (χ0v) is 16.8. The van der Waals surface area contributed by atoms with E-state index in [0.717, 1.165) is 12.8 Å².